The van der Waals surface area contributed by atoms with Crippen LogP contribution in [0.3, 0.4) is 0 Å². The van der Waals surface area contributed by atoms with Crippen LogP contribution < -0.4 is 5.32 Å². The van der Waals surface area contributed by atoms with E-state index in [1.165, 1.54) is 38.0 Å². The van der Waals surface area contributed by atoms with Gasteiger partial charge in [0.25, 0.3) is 0 Å². The minimum Gasteiger partial charge on any atom is -0.314 e. The molecule has 0 aromatic carbocycles. The predicted molar refractivity (Wildman–Crippen MR) is 80.2 cm³/mol. The summed E-state index contributed by atoms with van der Waals surface area (Å²) in [5.41, 5.74) is 1.35. The highest BCUT2D eigenvalue weighted by Gasteiger charge is 2.22. The van der Waals surface area contributed by atoms with E-state index in [1.807, 2.05) is 18.5 Å². The molecule has 1 aliphatic heterocycles. The molecule has 1 aliphatic rings. The molecule has 0 spiro atoms. The Morgan fingerprint density at radius 3 is 2.84 bits per heavy atom. The third kappa shape index (κ3) is 4.59. The summed E-state index contributed by atoms with van der Waals surface area (Å²) >= 11 is 0. The van der Waals surface area contributed by atoms with Crippen LogP contribution in [0.1, 0.15) is 32.3 Å². The van der Waals surface area contributed by atoms with Crippen molar-refractivity contribution in [2.75, 3.05) is 26.2 Å². The third-order valence-corrected chi connectivity index (χ3v) is 4.30. The Hall–Kier alpha value is -0.930. The second-order valence-electron chi connectivity index (χ2n) is 5.64. The van der Waals surface area contributed by atoms with E-state index in [9.17, 15) is 0 Å². The van der Waals surface area contributed by atoms with Crippen LogP contribution in [0.15, 0.2) is 24.5 Å². The lowest BCUT2D eigenvalue weighted by atomic mass is 9.90. The standard InChI is InChI=1S/C16H27N3/c1-3-18-14(2)16-7-11-19(12-8-16)10-6-15-5-4-9-17-13-15/h4-5,9,13-14,16,18H,3,6-8,10-12H2,1-2H3. The van der Waals surface area contributed by atoms with Crippen molar-refractivity contribution in [3.8, 4) is 0 Å². The van der Waals surface area contributed by atoms with Crippen LogP contribution in [0.4, 0.5) is 0 Å². The first-order chi connectivity index (χ1) is 9.29. The highest BCUT2D eigenvalue weighted by Crippen LogP contribution is 2.20. The van der Waals surface area contributed by atoms with E-state index in [1.54, 1.807) is 0 Å². The molecule has 1 aromatic rings. The van der Waals surface area contributed by atoms with Gasteiger partial charge in [0, 0.05) is 25.0 Å². The number of aromatic nitrogens is 1. The molecule has 3 nitrogen and oxygen atoms in total. The second kappa shape index (κ2) is 7.61. The van der Waals surface area contributed by atoms with Gasteiger partial charge in [0.05, 0.1) is 0 Å². The summed E-state index contributed by atoms with van der Waals surface area (Å²) in [7, 11) is 0. The number of hydrogen-bond acceptors (Lipinski definition) is 3. The van der Waals surface area contributed by atoms with Crippen molar-refractivity contribution in [1.82, 2.24) is 15.2 Å². The summed E-state index contributed by atoms with van der Waals surface area (Å²) in [6.07, 6.45) is 7.63. The summed E-state index contributed by atoms with van der Waals surface area (Å²) in [5.74, 6) is 0.856. The van der Waals surface area contributed by atoms with E-state index < -0.39 is 0 Å². The van der Waals surface area contributed by atoms with Gasteiger partial charge in [0.15, 0.2) is 0 Å². The maximum absolute atomic E-state index is 4.18. The molecule has 19 heavy (non-hydrogen) atoms. The molecule has 0 radical (unpaired) electrons. The molecule has 1 saturated heterocycles. The van der Waals surface area contributed by atoms with Gasteiger partial charge in [-0.2, -0.15) is 0 Å². The first kappa shape index (κ1) is 14.5. The smallest absolute Gasteiger partial charge is 0.0300 e. The second-order valence-corrected chi connectivity index (χ2v) is 5.64. The summed E-state index contributed by atoms with van der Waals surface area (Å²) < 4.78 is 0. The summed E-state index contributed by atoms with van der Waals surface area (Å²) in [6.45, 7) is 9.29. The Labute approximate surface area is 117 Å². The Morgan fingerprint density at radius 2 is 2.21 bits per heavy atom. The van der Waals surface area contributed by atoms with Crippen molar-refractivity contribution in [1.29, 1.82) is 0 Å². The van der Waals surface area contributed by atoms with E-state index in [4.69, 9.17) is 0 Å². The van der Waals surface area contributed by atoms with Gasteiger partial charge in [-0.05, 0) is 63.4 Å². The summed E-state index contributed by atoms with van der Waals surface area (Å²) in [4.78, 5) is 6.78. The average Bonchev–Trinajstić information content (AvgIpc) is 2.47. The maximum atomic E-state index is 4.18. The van der Waals surface area contributed by atoms with Gasteiger partial charge in [0.2, 0.25) is 0 Å². The number of hydrogen-bond donors (Lipinski definition) is 1. The molecule has 3 heteroatoms. The molecule has 106 valence electrons. The van der Waals surface area contributed by atoms with E-state index in [2.05, 4.69) is 35.1 Å². The van der Waals surface area contributed by atoms with Crippen LogP contribution in [0.2, 0.25) is 0 Å². The lowest BCUT2D eigenvalue weighted by Crippen LogP contribution is -2.42. The van der Waals surface area contributed by atoms with Crippen LogP contribution in [0.5, 0.6) is 0 Å². The molecule has 1 atom stereocenters. The van der Waals surface area contributed by atoms with Gasteiger partial charge >= 0.3 is 0 Å². The first-order valence-electron chi connectivity index (χ1n) is 7.64. The quantitative estimate of drug-likeness (QED) is 0.852. The number of piperidine rings is 1. The maximum Gasteiger partial charge on any atom is 0.0300 e. The number of nitrogens with zero attached hydrogens (tertiary/aromatic N) is 2. The van der Waals surface area contributed by atoms with Crippen molar-refractivity contribution in [3.05, 3.63) is 30.1 Å². The van der Waals surface area contributed by atoms with Crippen molar-refractivity contribution in [2.45, 2.75) is 39.2 Å². The lowest BCUT2D eigenvalue weighted by Gasteiger charge is -2.35. The number of nitrogens with one attached hydrogen (secondary N) is 1. The van der Waals surface area contributed by atoms with Crippen molar-refractivity contribution in [2.24, 2.45) is 5.92 Å². The summed E-state index contributed by atoms with van der Waals surface area (Å²) in [6, 6.07) is 4.87. The van der Waals surface area contributed by atoms with Gasteiger partial charge < -0.3 is 10.2 Å². The third-order valence-electron chi connectivity index (χ3n) is 4.30. The largest absolute Gasteiger partial charge is 0.314 e. The van der Waals surface area contributed by atoms with E-state index in [0.29, 0.717) is 6.04 Å². The molecule has 0 bridgehead atoms. The Kier molecular flexibility index (Phi) is 5.80. The van der Waals surface area contributed by atoms with Crippen LogP contribution in [-0.2, 0) is 6.42 Å². The molecule has 1 aromatic heterocycles. The fourth-order valence-corrected chi connectivity index (χ4v) is 3.00. The van der Waals surface area contributed by atoms with Gasteiger partial charge in [-0.15, -0.1) is 0 Å². The zero-order chi connectivity index (χ0) is 13.5. The molecule has 0 saturated carbocycles. The van der Waals surface area contributed by atoms with Crippen molar-refractivity contribution in [3.63, 3.8) is 0 Å². The number of rotatable bonds is 6. The minimum atomic E-state index is 0.672. The van der Waals surface area contributed by atoms with Gasteiger partial charge in [-0.3, -0.25) is 4.98 Å². The molecule has 2 heterocycles. The molecule has 2 rings (SSSR count). The van der Waals surface area contributed by atoms with E-state index >= 15 is 0 Å². The number of likely N-dealkylation sites (tertiary alicyclic amines) is 1. The van der Waals surface area contributed by atoms with Gasteiger partial charge in [-0.25, -0.2) is 0 Å². The summed E-state index contributed by atoms with van der Waals surface area (Å²) in [5, 5.41) is 3.56. The molecule has 1 fully saturated rings. The molecule has 0 amide bonds. The first-order valence-corrected chi connectivity index (χ1v) is 7.64. The van der Waals surface area contributed by atoms with E-state index in [-0.39, 0.29) is 0 Å². The molecular weight excluding hydrogens is 234 g/mol. The van der Waals surface area contributed by atoms with Crippen LogP contribution >= 0.6 is 0 Å². The Balaban J connectivity index is 1.69. The van der Waals surface area contributed by atoms with E-state index in [0.717, 1.165) is 18.9 Å². The van der Waals surface area contributed by atoms with Crippen LogP contribution in [0, 0.1) is 5.92 Å². The Morgan fingerprint density at radius 1 is 1.42 bits per heavy atom. The zero-order valence-corrected chi connectivity index (χ0v) is 12.3. The molecule has 1 N–H and O–H groups in total. The van der Waals surface area contributed by atoms with Crippen molar-refractivity contribution >= 4 is 0 Å². The highest BCUT2D eigenvalue weighted by molar-refractivity contribution is 5.08. The normalized spacial score (nSPS) is 19.5. The molecular formula is C16H27N3. The molecule has 1 unspecified atom stereocenters. The monoisotopic (exact) mass is 261 g/mol. The highest BCUT2D eigenvalue weighted by atomic mass is 15.1. The topological polar surface area (TPSA) is 28.2 Å². The fourth-order valence-electron chi connectivity index (χ4n) is 3.00. The SMILES string of the molecule is CCNC(C)C1CCN(CCc2cccnc2)CC1. The molecule has 0 aliphatic carbocycles. The fraction of sp³-hybridized carbons (Fsp3) is 0.688. The predicted octanol–water partition coefficient (Wildman–Crippen LogP) is 2.33. The van der Waals surface area contributed by atoms with Crippen molar-refractivity contribution < 1.29 is 0 Å². The Bertz CT molecular complexity index is 344. The van der Waals surface area contributed by atoms with Gasteiger partial charge in [-0.1, -0.05) is 13.0 Å². The minimum absolute atomic E-state index is 0.672. The average molecular weight is 261 g/mol. The number of pyridine rings is 1. The van der Waals surface area contributed by atoms with Crippen LogP contribution in [0.25, 0.3) is 0 Å². The zero-order valence-electron chi connectivity index (χ0n) is 12.3. The van der Waals surface area contributed by atoms with Crippen LogP contribution in [-0.4, -0.2) is 42.1 Å². The lowest BCUT2D eigenvalue weighted by molar-refractivity contribution is 0.164. The van der Waals surface area contributed by atoms with Gasteiger partial charge in [0.1, 0.15) is 0 Å².